The molecule has 0 spiro atoms. The summed E-state index contributed by atoms with van der Waals surface area (Å²) in [5.41, 5.74) is 2.49. The van der Waals surface area contributed by atoms with Gasteiger partial charge < -0.3 is 14.2 Å². The number of furan rings is 1. The average Bonchev–Trinajstić information content (AvgIpc) is 3.35. The van der Waals surface area contributed by atoms with Gasteiger partial charge in [-0.1, -0.05) is 60.7 Å². The van der Waals surface area contributed by atoms with Crippen LogP contribution in [-0.4, -0.2) is 10.2 Å². The molecular weight excluding hydrogens is 406 g/mol. The fourth-order valence-electron chi connectivity index (χ4n) is 2.91. The van der Waals surface area contributed by atoms with E-state index in [0.29, 0.717) is 28.8 Å². The van der Waals surface area contributed by atoms with Crippen LogP contribution in [0, 0.1) is 0 Å². The van der Waals surface area contributed by atoms with Crippen molar-refractivity contribution >= 4 is 15.9 Å². The predicted octanol–water partition coefficient (Wildman–Crippen LogP) is 5.17. The Morgan fingerprint density at radius 3 is 2.30 bits per heavy atom. The summed E-state index contributed by atoms with van der Waals surface area (Å²) in [6, 6.07) is 24.5. The summed E-state index contributed by atoms with van der Waals surface area (Å²) >= 11 is 3.27. The van der Waals surface area contributed by atoms with E-state index in [-0.39, 0.29) is 6.04 Å². The topological polar surface area (TPSA) is 64.1 Å². The molecule has 1 unspecified atom stereocenters. The monoisotopic (exact) mass is 423 g/mol. The van der Waals surface area contributed by atoms with Gasteiger partial charge in [-0.05, 0) is 45.6 Å². The normalized spacial score (nSPS) is 12.2. The second kappa shape index (κ2) is 8.33. The Bertz CT molecular complexity index is 983. The molecule has 0 aliphatic rings. The highest BCUT2D eigenvalue weighted by atomic mass is 79.9. The molecular formula is C21H18BrN3O2. The van der Waals surface area contributed by atoms with Crippen molar-refractivity contribution in [3.8, 4) is 11.7 Å². The van der Waals surface area contributed by atoms with E-state index in [1.807, 2.05) is 12.1 Å². The van der Waals surface area contributed by atoms with Crippen molar-refractivity contribution in [2.45, 2.75) is 19.0 Å². The molecule has 136 valence electrons. The Balaban J connectivity index is 1.48. The zero-order chi connectivity index (χ0) is 18.5. The molecule has 0 aliphatic carbocycles. The van der Waals surface area contributed by atoms with Crippen LogP contribution in [0.15, 0.2) is 86.3 Å². The van der Waals surface area contributed by atoms with Crippen molar-refractivity contribution in [3.63, 3.8) is 0 Å². The largest absolute Gasteiger partial charge is 0.444 e. The first kappa shape index (κ1) is 17.7. The third kappa shape index (κ3) is 4.53. The van der Waals surface area contributed by atoms with Crippen LogP contribution in [0.1, 0.15) is 23.1 Å². The molecule has 2 heterocycles. The van der Waals surface area contributed by atoms with Crippen LogP contribution in [0.25, 0.3) is 11.7 Å². The highest BCUT2D eigenvalue weighted by Gasteiger charge is 2.16. The van der Waals surface area contributed by atoms with Gasteiger partial charge in [-0.25, -0.2) is 0 Å². The molecule has 5 nitrogen and oxygen atoms in total. The van der Waals surface area contributed by atoms with Gasteiger partial charge in [-0.2, -0.15) is 0 Å². The minimum atomic E-state index is 0.140. The molecule has 0 saturated carbocycles. The third-order valence-corrected chi connectivity index (χ3v) is 4.66. The number of aromatic nitrogens is 2. The molecule has 0 aliphatic heterocycles. The molecule has 0 radical (unpaired) electrons. The van der Waals surface area contributed by atoms with Gasteiger partial charge in [-0.3, -0.25) is 0 Å². The molecule has 4 aromatic rings. The first-order valence-electron chi connectivity index (χ1n) is 8.68. The smallest absolute Gasteiger partial charge is 0.283 e. The van der Waals surface area contributed by atoms with E-state index in [1.165, 1.54) is 11.1 Å². The van der Waals surface area contributed by atoms with Gasteiger partial charge >= 0.3 is 0 Å². The van der Waals surface area contributed by atoms with E-state index in [2.05, 4.69) is 80.0 Å². The number of benzene rings is 2. The van der Waals surface area contributed by atoms with Crippen LogP contribution in [0.5, 0.6) is 0 Å². The van der Waals surface area contributed by atoms with E-state index in [9.17, 15) is 0 Å². The van der Waals surface area contributed by atoms with Gasteiger partial charge in [0.05, 0.1) is 6.54 Å². The zero-order valence-electron chi connectivity index (χ0n) is 14.5. The fourth-order valence-corrected chi connectivity index (χ4v) is 3.21. The van der Waals surface area contributed by atoms with Crippen molar-refractivity contribution in [1.82, 2.24) is 15.5 Å². The highest BCUT2D eigenvalue weighted by Crippen LogP contribution is 2.24. The number of nitrogens with zero attached hydrogens (tertiary/aromatic N) is 2. The van der Waals surface area contributed by atoms with E-state index in [1.54, 1.807) is 12.1 Å². The molecule has 6 heteroatoms. The molecule has 0 bridgehead atoms. The summed E-state index contributed by atoms with van der Waals surface area (Å²) in [6.45, 7) is 0.473. The van der Waals surface area contributed by atoms with Crippen molar-refractivity contribution in [2.24, 2.45) is 0 Å². The number of rotatable bonds is 7. The minimum absolute atomic E-state index is 0.140. The zero-order valence-corrected chi connectivity index (χ0v) is 16.1. The molecule has 1 N–H and O–H groups in total. The Labute approximate surface area is 165 Å². The van der Waals surface area contributed by atoms with Gasteiger partial charge in [0, 0.05) is 6.04 Å². The van der Waals surface area contributed by atoms with Crippen molar-refractivity contribution < 1.29 is 8.83 Å². The van der Waals surface area contributed by atoms with E-state index in [0.717, 1.165) is 6.42 Å². The maximum absolute atomic E-state index is 5.72. The first-order chi connectivity index (χ1) is 13.3. The van der Waals surface area contributed by atoms with Gasteiger partial charge in [0.25, 0.3) is 5.89 Å². The number of hydrogen-bond acceptors (Lipinski definition) is 5. The lowest BCUT2D eigenvalue weighted by atomic mass is 9.99. The Kier molecular flexibility index (Phi) is 5.46. The molecule has 0 saturated heterocycles. The van der Waals surface area contributed by atoms with Crippen molar-refractivity contribution in [3.05, 3.63) is 94.5 Å². The van der Waals surface area contributed by atoms with Gasteiger partial charge in [0.2, 0.25) is 5.89 Å². The third-order valence-electron chi connectivity index (χ3n) is 4.24. The lowest BCUT2D eigenvalue weighted by molar-refractivity contribution is 0.431. The van der Waals surface area contributed by atoms with Gasteiger partial charge in [-0.15, -0.1) is 10.2 Å². The molecule has 27 heavy (non-hydrogen) atoms. The quantitative estimate of drug-likeness (QED) is 0.444. The molecule has 0 fully saturated rings. The molecule has 4 rings (SSSR count). The van der Waals surface area contributed by atoms with Crippen LogP contribution in [-0.2, 0) is 13.0 Å². The van der Waals surface area contributed by atoms with E-state index in [4.69, 9.17) is 8.83 Å². The summed E-state index contributed by atoms with van der Waals surface area (Å²) in [5, 5.41) is 11.7. The lowest BCUT2D eigenvalue weighted by Crippen LogP contribution is -2.23. The fraction of sp³-hybridized carbons (Fsp3) is 0.143. The lowest BCUT2D eigenvalue weighted by Gasteiger charge is -2.18. The van der Waals surface area contributed by atoms with Gasteiger partial charge in [0.15, 0.2) is 10.4 Å². The van der Waals surface area contributed by atoms with Crippen molar-refractivity contribution in [1.29, 1.82) is 0 Å². The van der Waals surface area contributed by atoms with Gasteiger partial charge in [0.1, 0.15) is 0 Å². The Hall–Kier alpha value is -2.70. The van der Waals surface area contributed by atoms with Crippen molar-refractivity contribution in [2.75, 3.05) is 0 Å². The van der Waals surface area contributed by atoms with Crippen LogP contribution in [0.4, 0.5) is 0 Å². The number of halogens is 1. The van der Waals surface area contributed by atoms with Crippen LogP contribution in [0.2, 0.25) is 0 Å². The Morgan fingerprint density at radius 1 is 0.852 bits per heavy atom. The Morgan fingerprint density at radius 2 is 1.59 bits per heavy atom. The van der Waals surface area contributed by atoms with E-state index >= 15 is 0 Å². The maximum Gasteiger partial charge on any atom is 0.283 e. The predicted molar refractivity (Wildman–Crippen MR) is 106 cm³/mol. The summed E-state index contributed by atoms with van der Waals surface area (Å²) in [5.74, 6) is 1.44. The second-order valence-corrected chi connectivity index (χ2v) is 6.92. The molecule has 2 aromatic heterocycles. The summed E-state index contributed by atoms with van der Waals surface area (Å²) in [7, 11) is 0. The van der Waals surface area contributed by atoms with Crippen LogP contribution < -0.4 is 5.32 Å². The van der Waals surface area contributed by atoms with E-state index < -0.39 is 0 Å². The van der Waals surface area contributed by atoms with Crippen LogP contribution in [0.3, 0.4) is 0 Å². The number of hydrogen-bond donors (Lipinski definition) is 1. The number of nitrogens with one attached hydrogen (secondary N) is 1. The first-order valence-corrected chi connectivity index (χ1v) is 9.47. The van der Waals surface area contributed by atoms with Crippen LogP contribution >= 0.6 is 15.9 Å². The summed E-state index contributed by atoms with van der Waals surface area (Å²) in [6.07, 6.45) is 0.872. The highest BCUT2D eigenvalue weighted by molar-refractivity contribution is 9.10. The summed E-state index contributed by atoms with van der Waals surface area (Å²) < 4.78 is 11.8. The molecule has 1 atom stereocenters. The second-order valence-electron chi connectivity index (χ2n) is 6.14. The SMILES string of the molecule is Brc1ccc(-c2nnc(CNC(Cc3ccccc3)c3ccccc3)o2)o1. The minimum Gasteiger partial charge on any atom is -0.444 e. The summed E-state index contributed by atoms with van der Waals surface area (Å²) in [4.78, 5) is 0. The molecule has 0 amide bonds. The molecule has 2 aromatic carbocycles. The maximum atomic E-state index is 5.72. The standard InChI is InChI=1S/C21H18BrN3O2/c22-19-12-11-18(26-19)21-25-24-20(27-21)14-23-17(16-9-5-2-6-10-16)13-15-7-3-1-4-8-15/h1-12,17,23H,13-14H2. The average molecular weight is 424 g/mol.